The van der Waals surface area contributed by atoms with Gasteiger partial charge in [-0.3, -0.25) is 0 Å². The fourth-order valence-corrected chi connectivity index (χ4v) is 6.85. The van der Waals surface area contributed by atoms with Gasteiger partial charge in [0.15, 0.2) is 0 Å². The molecule has 0 aliphatic carbocycles. The molecule has 0 aliphatic heterocycles. The summed E-state index contributed by atoms with van der Waals surface area (Å²) in [5.41, 5.74) is 9.82. The third-order valence-corrected chi connectivity index (χ3v) is 9.05. The van der Waals surface area contributed by atoms with E-state index in [0.29, 0.717) is 0 Å². The predicted octanol–water partition coefficient (Wildman–Crippen LogP) is 12.7. The summed E-state index contributed by atoms with van der Waals surface area (Å²) in [4.78, 5) is 2.38. The monoisotopic (exact) mass is 587 g/mol. The molecule has 0 saturated heterocycles. The van der Waals surface area contributed by atoms with E-state index in [4.69, 9.17) is 4.42 Å². The number of hydrogen-bond acceptors (Lipinski definition) is 2. The number of fused-ring (bicyclic) bond motifs is 6. The van der Waals surface area contributed by atoms with Gasteiger partial charge in [-0.1, -0.05) is 133 Å². The highest BCUT2D eigenvalue weighted by molar-refractivity contribution is 6.19. The van der Waals surface area contributed by atoms with Crippen LogP contribution in [-0.4, -0.2) is 0 Å². The van der Waals surface area contributed by atoms with Gasteiger partial charge in [-0.05, 0) is 75.3 Å². The zero-order valence-corrected chi connectivity index (χ0v) is 25.1. The number of para-hydroxylation sites is 1. The summed E-state index contributed by atoms with van der Waals surface area (Å²) in [6, 6.07) is 62.7. The Kier molecular flexibility index (Phi) is 6.17. The molecule has 0 spiro atoms. The molecular weight excluding hydrogens is 558 g/mol. The molecule has 0 saturated carbocycles. The summed E-state index contributed by atoms with van der Waals surface area (Å²) in [6.45, 7) is 0. The van der Waals surface area contributed by atoms with Crippen molar-refractivity contribution in [2.45, 2.75) is 0 Å². The third kappa shape index (κ3) is 4.35. The second-order valence-corrected chi connectivity index (χ2v) is 11.7. The van der Waals surface area contributed by atoms with Gasteiger partial charge in [0.25, 0.3) is 0 Å². The number of nitrogens with zero attached hydrogens (tertiary/aromatic N) is 1. The van der Waals surface area contributed by atoms with Crippen molar-refractivity contribution < 1.29 is 4.42 Å². The largest absolute Gasteiger partial charge is 0.455 e. The van der Waals surface area contributed by atoms with Gasteiger partial charge in [0.1, 0.15) is 11.2 Å². The topological polar surface area (TPSA) is 16.4 Å². The van der Waals surface area contributed by atoms with Gasteiger partial charge in [-0.25, -0.2) is 0 Å². The Morgan fingerprint density at radius 1 is 0.391 bits per heavy atom. The van der Waals surface area contributed by atoms with Crippen LogP contribution in [0, 0.1) is 0 Å². The summed E-state index contributed by atoms with van der Waals surface area (Å²) in [5, 5.41) is 7.00. The number of furan rings is 1. The Morgan fingerprint density at radius 3 is 1.91 bits per heavy atom. The van der Waals surface area contributed by atoms with Crippen molar-refractivity contribution in [3.05, 3.63) is 176 Å². The summed E-state index contributed by atoms with van der Waals surface area (Å²) < 4.78 is 6.59. The molecule has 0 fully saturated rings. The molecule has 9 aromatic rings. The van der Waals surface area contributed by atoms with Crippen LogP contribution >= 0.6 is 0 Å². The molecule has 2 nitrogen and oxygen atoms in total. The molecule has 9 rings (SSSR count). The van der Waals surface area contributed by atoms with E-state index in [1.54, 1.807) is 0 Å². The SMILES string of the molecule is c1ccc(-c2ccc(N(c3ccc4ccccc4c3)c3ccccc3-c3cccc4oc5c6ccccc6ccc5c34)cc2)cc1. The van der Waals surface area contributed by atoms with Crippen molar-refractivity contribution in [2.24, 2.45) is 0 Å². The smallest absolute Gasteiger partial charge is 0.143 e. The normalized spacial score (nSPS) is 11.5. The summed E-state index contributed by atoms with van der Waals surface area (Å²) >= 11 is 0. The standard InChI is InChI=1S/C44H29NO/c1-2-11-30(12-3-1)32-21-25-35(26-22-32)45(36-27-23-31-13-4-5-15-34(31)29-36)41-19-9-8-17-38(41)39-18-10-20-42-43(39)40-28-24-33-14-6-7-16-37(33)44(40)46-42/h1-29H. The van der Waals surface area contributed by atoms with Gasteiger partial charge >= 0.3 is 0 Å². The molecule has 0 amide bonds. The predicted molar refractivity (Wildman–Crippen MR) is 194 cm³/mol. The molecule has 0 bridgehead atoms. The Morgan fingerprint density at radius 2 is 1.04 bits per heavy atom. The van der Waals surface area contributed by atoms with Gasteiger partial charge in [-0.2, -0.15) is 0 Å². The third-order valence-electron chi connectivity index (χ3n) is 9.05. The minimum absolute atomic E-state index is 0.892. The van der Waals surface area contributed by atoms with Gasteiger partial charge in [0.2, 0.25) is 0 Å². The van der Waals surface area contributed by atoms with E-state index >= 15 is 0 Å². The van der Waals surface area contributed by atoms with Crippen LogP contribution < -0.4 is 4.90 Å². The lowest BCUT2D eigenvalue weighted by Gasteiger charge is -2.28. The van der Waals surface area contributed by atoms with Crippen LogP contribution in [-0.2, 0) is 0 Å². The molecular formula is C44H29NO. The fraction of sp³-hybridized carbons (Fsp3) is 0. The van der Waals surface area contributed by atoms with E-state index in [9.17, 15) is 0 Å². The van der Waals surface area contributed by atoms with Crippen molar-refractivity contribution in [2.75, 3.05) is 4.90 Å². The average Bonchev–Trinajstić information content (AvgIpc) is 3.52. The van der Waals surface area contributed by atoms with Crippen LogP contribution in [0.2, 0.25) is 0 Å². The molecule has 8 aromatic carbocycles. The number of anilines is 3. The lowest BCUT2D eigenvalue weighted by Crippen LogP contribution is -2.11. The van der Waals surface area contributed by atoms with Crippen LogP contribution in [0.3, 0.4) is 0 Å². The van der Waals surface area contributed by atoms with E-state index in [2.05, 4.69) is 181 Å². The van der Waals surface area contributed by atoms with Crippen molar-refractivity contribution in [3.63, 3.8) is 0 Å². The van der Waals surface area contributed by atoms with Gasteiger partial charge in [0, 0.05) is 33.1 Å². The first-order chi connectivity index (χ1) is 22.8. The highest BCUT2D eigenvalue weighted by Crippen LogP contribution is 2.46. The summed E-state index contributed by atoms with van der Waals surface area (Å²) in [6.07, 6.45) is 0. The van der Waals surface area contributed by atoms with Crippen molar-refractivity contribution in [1.82, 2.24) is 0 Å². The van der Waals surface area contributed by atoms with Crippen molar-refractivity contribution >= 4 is 60.5 Å². The number of rotatable bonds is 5. The van der Waals surface area contributed by atoms with E-state index in [1.165, 1.54) is 27.3 Å². The first kappa shape index (κ1) is 26.3. The average molecular weight is 588 g/mol. The Balaban J connectivity index is 1.28. The van der Waals surface area contributed by atoms with Crippen LogP contribution in [0.4, 0.5) is 17.1 Å². The van der Waals surface area contributed by atoms with Gasteiger partial charge in [0.05, 0.1) is 5.69 Å². The minimum atomic E-state index is 0.892. The fourth-order valence-electron chi connectivity index (χ4n) is 6.85. The first-order valence-electron chi connectivity index (χ1n) is 15.7. The first-order valence-corrected chi connectivity index (χ1v) is 15.7. The molecule has 46 heavy (non-hydrogen) atoms. The van der Waals surface area contributed by atoms with Gasteiger partial charge in [-0.15, -0.1) is 0 Å². The van der Waals surface area contributed by atoms with Crippen LogP contribution in [0.5, 0.6) is 0 Å². The molecule has 0 aliphatic rings. The molecule has 0 atom stereocenters. The zero-order valence-electron chi connectivity index (χ0n) is 25.1. The van der Waals surface area contributed by atoms with Crippen molar-refractivity contribution in [3.8, 4) is 22.3 Å². The molecule has 2 heteroatoms. The summed E-state index contributed by atoms with van der Waals surface area (Å²) in [5.74, 6) is 0. The molecule has 1 heterocycles. The lowest BCUT2D eigenvalue weighted by atomic mass is 9.96. The highest BCUT2D eigenvalue weighted by atomic mass is 16.3. The number of hydrogen-bond donors (Lipinski definition) is 0. The molecule has 0 radical (unpaired) electrons. The second kappa shape index (κ2) is 10.8. The van der Waals surface area contributed by atoms with Crippen LogP contribution in [0.1, 0.15) is 0 Å². The highest BCUT2D eigenvalue weighted by Gasteiger charge is 2.21. The van der Waals surface area contributed by atoms with E-state index in [0.717, 1.165) is 55.5 Å². The Bertz CT molecular complexity index is 2530. The van der Waals surface area contributed by atoms with E-state index in [-0.39, 0.29) is 0 Å². The molecule has 0 N–H and O–H groups in total. The maximum Gasteiger partial charge on any atom is 0.143 e. The van der Waals surface area contributed by atoms with Crippen molar-refractivity contribution in [1.29, 1.82) is 0 Å². The molecule has 1 aromatic heterocycles. The molecule has 0 unspecified atom stereocenters. The maximum atomic E-state index is 6.59. The molecule has 216 valence electrons. The maximum absolute atomic E-state index is 6.59. The summed E-state index contributed by atoms with van der Waals surface area (Å²) in [7, 11) is 0. The lowest BCUT2D eigenvalue weighted by molar-refractivity contribution is 0.673. The van der Waals surface area contributed by atoms with Crippen LogP contribution in [0.25, 0.3) is 65.7 Å². The Labute approximate surface area is 267 Å². The van der Waals surface area contributed by atoms with E-state index < -0.39 is 0 Å². The second-order valence-electron chi connectivity index (χ2n) is 11.7. The van der Waals surface area contributed by atoms with Gasteiger partial charge < -0.3 is 9.32 Å². The van der Waals surface area contributed by atoms with Crippen LogP contribution in [0.15, 0.2) is 180 Å². The Hall–Kier alpha value is -6.12. The zero-order chi connectivity index (χ0) is 30.5. The van der Waals surface area contributed by atoms with E-state index in [1.807, 2.05) is 0 Å². The minimum Gasteiger partial charge on any atom is -0.455 e. The number of benzene rings is 8. The quantitative estimate of drug-likeness (QED) is 0.199.